The molecule has 0 aliphatic carbocycles. The third-order valence-corrected chi connectivity index (χ3v) is 6.40. The lowest BCUT2D eigenvalue weighted by atomic mass is 10.0. The number of anilines is 1. The van der Waals surface area contributed by atoms with Crippen LogP contribution in [0.2, 0.25) is 0 Å². The first kappa shape index (κ1) is 20.2. The minimum Gasteiger partial charge on any atom is -0.325 e. The van der Waals surface area contributed by atoms with Crippen LogP contribution in [0.1, 0.15) is 46.5 Å². The van der Waals surface area contributed by atoms with Crippen molar-refractivity contribution in [2.45, 2.75) is 56.9 Å². The zero-order valence-corrected chi connectivity index (χ0v) is 16.4. The second-order valence-electron chi connectivity index (χ2n) is 6.98. The lowest BCUT2D eigenvalue weighted by Crippen LogP contribution is -2.35. The fourth-order valence-electron chi connectivity index (χ4n) is 2.65. The van der Waals surface area contributed by atoms with Crippen LogP contribution >= 0.6 is 0 Å². The van der Waals surface area contributed by atoms with Gasteiger partial charge < -0.3 is 5.32 Å². The van der Waals surface area contributed by atoms with Gasteiger partial charge in [-0.25, -0.2) is 13.4 Å². The summed E-state index contributed by atoms with van der Waals surface area (Å²) in [5, 5.41) is 14.5. The van der Waals surface area contributed by atoms with Crippen LogP contribution in [0, 0.1) is 11.5 Å². The van der Waals surface area contributed by atoms with Crippen molar-refractivity contribution in [2.75, 3.05) is 18.4 Å². The Morgan fingerprint density at radius 1 is 1.31 bits per heavy atom. The number of hydrogen-bond donors (Lipinski definition) is 2. The highest BCUT2D eigenvalue weighted by atomic mass is 32.2. The normalized spacial score (nSPS) is 16.8. The average Bonchev–Trinajstić information content (AvgIpc) is 2.62. The van der Waals surface area contributed by atoms with E-state index in [-0.39, 0.29) is 10.4 Å². The molecular formula is C18H27N5O2S. The molecule has 0 aromatic heterocycles. The predicted octanol–water partition coefficient (Wildman–Crippen LogP) is 2.89. The average molecular weight is 378 g/mol. The number of nitriles is 1. The second-order valence-corrected chi connectivity index (χ2v) is 8.92. The maximum Gasteiger partial charge on any atom is 0.243 e. The van der Waals surface area contributed by atoms with E-state index in [4.69, 9.17) is 5.26 Å². The van der Waals surface area contributed by atoms with Crippen molar-refractivity contribution in [1.29, 1.82) is 5.26 Å². The Labute approximate surface area is 156 Å². The molecule has 1 aliphatic rings. The fraction of sp³-hybridized carbons (Fsp3) is 0.556. The van der Waals surface area contributed by atoms with Crippen LogP contribution < -0.4 is 10.6 Å². The smallest absolute Gasteiger partial charge is 0.243 e. The van der Waals surface area contributed by atoms with E-state index in [1.165, 1.54) is 0 Å². The predicted molar refractivity (Wildman–Crippen MR) is 103 cm³/mol. The molecule has 1 heterocycles. The maximum atomic E-state index is 12.8. The Morgan fingerprint density at radius 3 is 2.62 bits per heavy atom. The quantitative estimate of drug-likeness (QED) is 0.356. The minimum absolute atomic E-state index is 0.246. The Balaban J connectivity index is 2.26. The first-order valence-corrected chi connectivity index (χ1v) is 10.3. The molecule has 0 bridgehead atoms. The Bertz CT molecular complexity index is 790. The van der Waals surface area contributed by atoms with Gasteiger partial charge in [-0.05, 0) is 51.3 Å². The standard InChI is InChI=1S/C18H27N5O2S/c1-4-18(2,3)22-17(20-14-19)21-15-9-8-10-16(13-15)26(24,25)23-11-6-5-7-12-23/h8-10,13H,4-7,11-12H2,1-3H3,(H2,20,21,22). The molecule has 1 aliphatic heterocycles. The van der Waals surface area contributed by atoms with E-state index in [0.717, 1.165) is 25.7 Å². The van der Waals surface area contributed by atoms with Crippen LogP contribution in [-0.4, -0.2) is 37.3 Å². The van der Waals surface area contributed by atoms with Crippen molar-refractivity contribution in [1.82, 2.24) is 9.62 Å². The molecule has 26 heavy (non-hydrogen) atoms. The summed E-state index contributed by atoms with van der Waals surface area (Å²) in [5.74, 6) is 0.298. The van der Waals surface area contributed by atoms with Gasteiger partial charge in [0.15, 0.2) is 6.19 Å². The summed E-state index contributed by atoms with van der Waals surface area (Å²) >= 11 is 0. The molecule has 0 unspecified atom stereocenters. The maximum absolute atomic E-state index is 12.8. The molecule has 0 spiro atoms. The molecule has 0 amide bonds. The van der Waals surface area contributed by atoms with Crippen molar-refractivity contribution in [2.24, 2.45) is 4.99 Å². The van der Waals surface area contributed by atoms with E-state index in [0.29, 0.717) is 24.7 Å². The number of nitrogens with zero attached hydrogens (tertiary/aromatic N) is 3. The molecule has 7 nitrogen and oxygen atoms in total. The largest absolute Gasteiger partial charge is 0.325 e. The molecule has 1 saturated heterocycles. The molecule has 8 heteroatoms. The van der Waals surface area contributed by atoms with E-state index in [2.05, 4.69) is 15.6 Å². The molecule has 1 aromatic rings. The molecule has 0 radical (unpaired) electrons. The van der Waals surface area contributed by atoms with Crippen LogP contribution in [0.3, 0.4) is 0 Å². The van der Waals surface area contributed by atoms with E-state index in [1.54, 1.807) is 28.6 Å². The van der Waals surface area contributed by atoms with Crippen LogP contribution in [0.15, 0.2) is 34.2 Å². The third kappa shape index (κ3) is 5.19. The van der Waals surface area contributed by atoms with Crippen LogP contribution in [-0.2, 0) is 10.0 Å². The summed E-state index contributed by atoms with van der Waals surface area (Å²) < 4.78 is 27.2. The molecule has 0 atom stereocenters. The highest BCUT2D eigenvalue weighted by Gasteiger charge is 2.26. The number of guanidine groups is 1. The third-order valence-electron chi connectivity index (χ3n) is 4.50. The minimum atomic E-state index is -3.50. The topological polar surface area (TPSA) is 97.6 Å². The van der Waals surface area contributed by atoms with Crippen LogP contribution in [0.5, 0.6) is 0 Å². The Hall–Kier alpha value is -2.11. The fourth-order valence-corrected chi connectivity index (χ4v) is 4.21. The molecule has 142 valence electrons. The van der Waals surface area contributed by atoms with Gasteiger partial charge in [0, 0.05) is 18.8 Å². The first-order chi connectivity index (χ1) is 12.3. The highest BCUT2D eigenvalue weighted by Crippen LogP contribution is 2.23. The van der Waals surface area contributed by atoms with Gasteiger partial charge in [-0.15, -0.1) is 0 Å². The first-order valence-electron chi connectivity index (χ1n) is 8.91. The van der Waals surface area contributed by atoms with Crippen molar-refractivity contribution in [3.05, 3.63) is 24.3 Å². The Morgan fingerprint density at radius 2 is 2.00 bits per heavy atom. The molecule has 1 aromatic carbocycles. The van der Waals surface area contributed by atoms with Crippen molar-refractivity contribution >= 4 is 21.7 Å². The van der Waals surface area contributed by atoms with Gasteiger partial charge in [-0.3, -0.25) is 5.32 Å². The Kier molecular flexibility index (Phi) is 6.62. The lowest BCUT2D eigenvalue weighted by Gasteiger charge is -2.26. The van der Waals surface area contributed by atoms with Gasteiger partial charge in [-0.1, -0.05) is 19.4 Å². The van der Waals surface area contributed by atoms with E-state index >= 15 is 0 Å². The van der Waals surface area contributed by atoms with Crippen molar-refractivity contribution in [3.63, 3.8) is 0 Å². The summed E-state index contributed by atoms with van der Waals surface area (Å²) in [5.41, 5.74) is 0.223. The van der Waals surface area contributed by atoms with Gasteiger partial charge in [0.05, 0.1) is 10.4 Å². The van der Waals surface area contributed by atoms with E-state index in [9.17, 15) is 8.42 Å². The van der Waals surface area contributed by atoms with Gasteiger partial charge >= 0.3 is 0 Å². The molecular weight excluding hydrogens is 350 g/mol. The highest BCUT2D eigenvalue weighted by molar-refractivity contribution is 7.89. The van der Waals surface area contributed by atoms with Crippen LogP contribution in [0.4, 0.5) is 5.69 Å². The lowest BCUT2D eigenvalue weighted by molar-refractivity contribution is 0.346. The number of sulfonamides is 1. The number of benzene rings is 1. The molecule has 0 saturated carbocycles. The molecule has 1 fully saturated rings. The van der Waals surface area contributed by atoms with Gasteiger partial charge in [0.2, 0.25) is 16.0 Å². The van der Waals surface area contributed by atoms with Crippen molar-refractivity contribution in [3.8, 4) is 6.19 Å². The number of hydrogen-bond acceptors (Lipinski definition) is 4. The SMILES string of the molecule is CCC(C)(C)N=C(NC#N)Nc1cccc(S(=O)(=O)N2CCCCC2)c1. The monoisotopic (exact) mass is 377 g/mol. The van der Waals surface area contributed by atoms with E-state index < -0.39 is 10.0 Å². The van der Waals surface area contributed by atoms with Gasteiger partial charge in [0.25, 0.3) is 0 Å². The summed E-state index contributed by atoms with van der Waals surface area (Å²) in [7, 11) is -3.50. The van der Waals surface area contributed by atoms with E-state index in [1.807, 2.05) is 27.0 Å². The zero-order chi connectivity index (χ0) is 19.2. The summed E-state index contributed by atoms with van der Waals surface area (Å²) in [6, 6.07) is 6.62. The number of aliphatic imine (C=N–C) groups is 1. The number of rotatable bonds is 5. The van der Waals surface area contributed by atoms with Gasteiger partial charge in [0.1, 0.15) is 0 Å². The number of piperidine rings is 1. The molecule has 2 rings (SSSR count). The van der Waals surface area contributed by atoms with Crippen molar-refractivity contribution < 1.29 is 8.42 Å². The number of nitrogens with one attached hydrogen (secondary N) is 2. The van der Waals surface area contributed by atoms with Gasteiger partial charge in [-0.2, -0.15) is 9.57 Å². The summed E-state index contributed by atoms with van der Waals surface area (Å²) in [6.45, 7) is 7.07. The van der Waals surface area contributed by atoms with Crippen LogP contribution in [0.25, 0.3) is 0 Å². The summed E-state index contributed by atoms with van der Waals surface area (Å²) in [6.07, 6.45) is 5.52. The zero-order valence-electron chi connectivity index (χ0n) is 15.6. The molecule has 2 N–H and O–H groups in total. The summed E-state index contributed by atoms with van der Waals surface area (Å²) in [4.78, 5) is 4.75. The second kappa shape index (κ2) is 8.52.